The third kappa shape index (κ3) is 13.0. The number of carbonyl (C=O) groups excluding carboxylic acids is 1. The number of benzene rings is 3. The SMILES string of the molecule is CC.CC(=O)O.COCC(c1ccc(Cl)cc1)N(C(C)=O)C(CN(c1ccccc1F)S(=O)C1CC1)C1CC1.Clc1ccccc1. The lowest BCUT2D eigenvalue weighted by Gasteiger charge is -2.40. The van der Waals surface area contributed by atoms with Gasteiger partial charge in [-0.15, -0.1) is 0 Å². The first kappa shape index (κ1) is 39.2. The van der Waals surface area contributed by atoms with Crippen molar-refractivity contribution in [2.24, 2.45) is 5.92 Å². The number of para-hydroxylation sites is 1. The molecule has 2 saturated carbocycles. The molecule has 0 radical (unpaired) electrons. The molecule has 2 fully saturated rings. The molecule has 3 aromatic carbocycles. The van der Waals surface area contributed by atoms with Crippen LogP contribution in [0.4, 0.5) is 10.1 Å². The fourth-order valence-corrected chi connectivity index (χ4v) is 6.58. The molecule has 0 aliphatic heterocycles. The van der Waals surface area contributed by atoms with Gasteiger partial charge in [-0.2, -0.15) is 0 Å². The normalized spacial score (nSPS) is 15.2. The summed E-state index contributed by atoms with van der Waals surface area (Å²) in [5.41, 5.74) is 1.24. The van der Waals surface area contributed by atoms with Crippen LogP contribution in [0, 0.1) is 11.7 Å². The fraction of sp³-hybridized carbons (Fsp3) is 0.429. The molecule has 5 rings (SSSR count). The summed E-state index contributed by atoms with van der Waals surface area (Å²) in [6, 6.07) is 22.8. The van der Waals surface area contributed by atoms with Crippen molar-refractivity contribution in [1.82, 2.24) is 4.90 Å². The van der Waals surface area contributed by atoms with Gasteiger partial charge in [-0.1, -0.05) is 79.5 Å². The van der Waals surface area contributed by atoms with Crippen LogP contribution >= 0.6 is 23.2 Å². The lowest BCUT2D eigenvalue weighted by Crippen LogP contribution is -2.51. The average molecular weight is 696 g/mol. The van der Waals surface area contributed by atoms with E-state index in [9.17, 15) is 13.4 Å². The van der Waals surface area contributed by atoms with Crippen LogP contribution in [0.15, 0.2) is 78.9 Å². The molecule has 3 atom stereocenters. The standard InChI is InChI=1S/C25H30ClFN2O3S.C6H5Cl.C2H4O2.C2H6/c1-17(30)29(25(16-32-2)19-9-11-20(26)12-10-19)24(18-7-8-18)15-28(33(31)21-13-14-21)23-6-4-3-5-22(23)27;7-6-4-2-1-3-5-6;1-2(3)4;1-2/h3-6,9-12,18,21,24-25H,7-8,13-16H2,1-2H3;1-5H;1H3,(H,3,4);1-2H3. The maximum atomic E-state index is 14.8. The number of nitrogens with zero attached hydrogens (tertiary/aromatic N) is 2. The second-order valence-electron chi connectivity index (χ2n) is 10.7. The summed E-state index contributed by atoms with van der Waals surface area (Å²) < 4.78 is 35.4. The zero-order valence-electron chi connectivity index (χ0n) is 27.1. The van der Waals surface area contributed by atoms with E-state index in [1.165, 1.54) is 6.07 Å². The minimum Gasteiger partial charge on any atom is -0.481 e. The van der Waals surface area contributed by atoms with Gasteiger partial charge in [0.1, 0.15) is 16.8 Å². The highest BCUT2D eigenvalue weighted by Gasteiger charge is 2.43. The number of carbonyl (C=O) groups is 2. The summed E-state index contributed by atoms with van der Waals surface area (Å²) in [7, 11) is 0.256. The maximum absolute atomic E-state index is 14.8. The van der Waals surface area contributed by atoms with Gasteiger partial charge < -0.3 is 14.7 Å². The quantitative estimate of drug-likeness (QED) is 0.217. The van der Waals surface area contributed by atoms with E-state index in [-0.39, 0.29) is 29.2 Å². The highest BCUT2D eigenvalue weighted by atomic mass is 35.5. The first-order valence-electron chi connectivity index (χ1n) is 15.4. The van der Waals surface area contributed by atoms with Gasteiger partial charge in [0.15, 0.2) is 0 Å². The van der Waals surface area contributed by atoms with Crippen LogP contribution in [0.25, 0.3) is 0 Å². The Morgan fingerprint density at radius 2 is 1.43 bits per heavy atom. The first-order valence-corrected chi connectivity index (χ1v) is 17.3. The van der Waals surface area contributed by atoms with E-state index in [1.807, 2.05) is 61.2 Å². The Hall–Kier alpha value is -2.98. The van der Waals surface area contributed by atoms with Crippen molar-refractivity contribution in [2.75, 3.05) is 24.6 Å². The van der Waals surface area contributed by atoms with E-state index in [0.29, 0.717) is 23.9 Å². The largest absolute Gasteiger partial charge is 0.481 e. The van der Waals surface area contributed by atoms with Gasteiger partial charge >= 0.3 is 0 Å². The smallest absolute Gasteiger partial charge is 0.300 e. The highest BCUT2D eigenvalue weighted by molar-refractivity contribution is 7.87. The molecule has 0 saturated heterocycles. The molecule has 3 unspecified atom stereocenters. The number of amides is 1. The first-order chi connectivity index (χ1) is 22.0. The summed E-state index contributed by atoms with van der Waals surface area (Å²) in [6.07, 6.45) is 3.71. The van der Waals surface area contributed by atoms with Crippen LogP contribution in [0.3, 0.4) is 0 Å². The number of halogens is 3. The van der Waals surface area contributed by atoms with Crippen molar-refractivity contribution in [1.29, 1.82) is 0 Å². The number of carboxylic acids is 1. The van der Waals surface area contributed by atoms with Crippen LogP contribution in [0.5, 0.6) is 0 Å². The molecular formula is C35H45Cl2FN2O5S. The number of carboxylic acid groups (broad SMARTS) is 1. The topological polar surface area (TPSA) is 87.2 Å². The Balaban J connectivity index is 0.000000477. The summed E-state index contributed by atoms with van der Waals surface area (Å²) in [5.74, 6) is -1.05. The van der Waals surface area contributed by atoms with Crippen LogP contribution in [-0.2, 0) is 25.3 Å². The molecule has 0 heterocycles. The minimum absolute atomic E-state index is 0.0428. The molecule has 0 aromatic heterocycles. The number of hydrogen-bond acceptors (Lipinski definition) is 4. The maximum Gasteiger partial charge on any atom is 0.300 e. The van der Waals surface area contributed by atoms with E-state index in [4.69, 9.17) is 37.8 Å². The molecule has 11 heteroatoms. The number of methoxy groups -OCH3 is 1. The fourth-order valence-electron chi connectivity index (χ4n) is 4.77. The van der Waals surface area contributed by atoms with E-state index < -0.39 is 22.8 Å². The van der Waals surface area contributed by atoms with Gasteiger partial charge in [-0.3, -0.25) is 13.9 Å². The van der Waals surface area contributed by atoms with Crippen molar-refractivity contribution < 1.29 is 28.0 Å². The predicted molar refractivity (Wildman–Crippen MR) is 186 cm³/mol. The van der Waals surface area contributed by atoms with E-state index >= 15 is 0 Å². The Labute approximate surface area is 285 Å². The Bertz CT molecular complexity index is 1370. The summed E-state index contributed by atoms with van der Waals surface area (Å²) in [6.45, 7) is 7.26. The lowest BCUT2D eigenvalue weighted by molar-refractivity contribution is -0.136. The van der Waals surface area contributed by atoms with Gasteiger partial charge in [0, 0.05) is 31.0 Å². The molecule has 7 nitrogen and oxygen atoms in total. The van der Waals surface area contributed by atoms with Crippen molar-refractivity contribution in [2.45, 2.75) is 70.7 Å². The zero-order chi connectivity index (χ0) is 34.2. The van der Waals surface area contributed by atoms with E-state index in [2.05, 4.69) is 0 Å². The third-order valence-electron chi connectivity index (χ3n) is 7.04. The van der Waals surface area contributed by atoms with Crippen molar-refractivity contribution in [3.63, 3.8) is 0 Å². The monoisotopic (exact) mass is 694 g/mol. The van der Waals surface area contributed by atoms with Crippen LogP contribution in [-0.4, -0.2) is 57.6 Å². The van der Waals surface area contributed by atoms with Crippen molar-refractivity contribution in [3.8, 4) is 0 Å². The lowest BCUT2D eigenvalue weighted by atomic mass is 10.0. The minimum atomic E-state index is -1.36. The van der Waals surface area contributed by atoms with Gasteiger partial charge in [-0.25, -0.2) is 8.60 Å². The van der Waals surface area contributed by atoms with Crippen LogP contribution < -0.4 is 4.31 Å². The van der Waals surface area contributed by atoms with E-state index in [1.54, 1.807) is 48.7 Å². The summed E-state index contributed by atoms with van der Waals surface area (Å²) in [4.78, 5) is 23.9. The second kappa shape index (κ2) is 20.3. The highest BCUT2D eigenvalue weighted by Crippen LogP contribution is 2.41. The Morgan fingerprint density at radius 3 is 1.87 bits per heavy atom. The average Bonchev–Trinajstić information content (AvgIpc) is 3.95. The molecular weight excluding hydrogens is 650 g/mol. The summed E-state index contributed by atoms with van der Waals surface area (Å²) >= 11 is 11.6. The molecule has 0 bridgehead atoms. The van der Waals surface area contributed by atoms with Crippen LogP contribution in [0.2, 0.25) is 10.0 Å². The van der Waals surface area contributed by atoms with Gasteiger partial charge in [0.05, 0.1) is 36.2 Å². The third-order valence-corrected chi connectivity index (χ3v) is 9.36. The van der Waals surface area contributed by atoms with Gasteiger partial charge in [0.25, 0.3) is 5.97 Å². The number of aliphatic carboxylic acids is 1. The number of ether oxygens (including phenoxy) is 1. The van der Waals surface area contributed by atoms with Gasteiger partial charge in [-0.05, 0) is 73.6 Å². The molecule has 46 heavy (non-hydrogen) atoms. The second-order valence-corrected chi connectivity index (χ2v) is 13.2. The Morgan fingerprint density at radius 1 is 0.913 bits per heavy atom. The molecule has 3 aromatic rings. The van der Waals surface area contributed by atoms with Crippen LogP contribution in [0.1, 0.15) is 65.0 Å². The number of anilines is 1. The molecule has 1 N–H and O–H groups in total. The van der Waals surface area contributed by atoms with Gasteiger partial charge in [0.2, 0.25) is 5.91 Å². The molecule has 1 amide bonds. The Kier molecular flexibility index (Phi) is 17.3. The molecule has 2 aliphatic carbocycles. The predicted octanol–water partition coefficient (Wildman–Crippen LogP) is 8.58. The summed E-state index contributed by atoms with van der Waals surface area (Å²) in [5, 5.41) is 8.87. The van der Waals surface area contributed by atoms with Crippen molar-refractivity contribution in [3.05, 3.63) is 100 Å². The van der Waals surface area contributed by atoms with Crippen molar-refractivity contribution >= 4 is 51.8 Å². The number of rotatable bonds is 11. The van der Waals surface area contributed by atoms with E-state index in [0.717, 1.165) is 43.2 Å². The zero-order valence-corrected chi connectivity index (χ0v) is 29.4. The molecule has 252 valence electrons. The molecule has 2 aliphatic rings. The molecule has 0 spiro atoms. The number of hydrogen-bond donors (Lipinski definition) is 1.